The molecule has 4 aromatic heterocycles. The van der Waals surface area contributed by atoms with Gasteiger partial charge in [0.1, 0.15) is 17.4 Å². The Bertz CT molecular complexity index is 1290. The van der Waals surface area contributed by atoms with E-state index in [9.17, 15) is 9.18 Å². The summed E-state index contributed by atoms with van der Waals surface area (Å²) in [6.45, 7) is 2.09. The molecule has 6 heterocycles. The van der Waals surface area contributed by atoms with Crippen LogP contribution in [0.2, 0.25) is 0 Å². The zero-order chi connectivity index (χ0) is 20.9. The van der Waals surface area contributed by atoms with Gasteiger partial charge < -0.3 is 14.8 Å². The molecule has 6 rings (SSSR count). The van der Waals surface area contributed by atoms with Crippen LogP contribution < -0.4 is 4.90 Å². The van der Waals surface area contributed by atoms with Crippen LogP contribution >= 0.6 is 0 Å². The van der Waals surface area contributed by atoms with E-state index in [2.05, 4.69) is 25.3 Å². The zero-order valence-corrected chi connectivity index (χ0v) is 16.6. The summed E-state index contributed by atoms with van der Waals surface area (Å²) >= 11 is 0. The third-order valence-corrected chi connectivity index (χ3v) is 6.02. The molecule has 4 aromatic rings. The van der Waals surface area contributed by atoms with Crippen LogP contribution in [-0.4, -0.2) is 60.2 Å². The number of halogens is 1. The summed E-state index contributed by atoms with van der Waals surface area (Å²) in [7, 11) is 0. The van der Waals surface area contributed by atoms with Crippen molar-refractivity contribution in [3.8, 4) is 0 Å². The van der Waals surface area contributed by atoms with Crippen LogP contribution in [0.3, 0.4) is 0 Å². The predicted octanol–water partition coefficient (Wildman–Crippen LogP) is 1.98. The van der Waals surface area contributed by atoms with Gasteiger partial charge in [-0.05, 0) is 30.7 Å². The summed E-state index contributed by atoms with van der Waals surface area (Å²) in [5.41, 5.74) is 3.32. The van der Waals surface area contributed by atoms with Crippen molar-refractivity contribution >= 4 is 17.2 Å². The fraction of sp³-hybridized carbons (Fsp3) is 0.286. The monoisotopic (exact) mass is 418 g/mol. The Hall–Kier alpha value is -3.82. The predicted molar refractivity (Wildman–Crippen MR) is 109 cm³/mol. The normalized spacial score (nSPS) is 18.2. The molecule has 156 valence electrons. The Morgan fingerprint density at radius 1 is 1.23 bits per heavy atom. The molecule has 0 spiro atoms. The Morgan fingerprint density at radius 2 is 2.13 bits per heavy atom. The zero-order valence-electron chi connectivity index (χ0n) is 16.6. The van der Waals surface area contributed by atoms with Crippen molar-refractivity contribution in [2.45, 2.75) is 18.9 Å². The molecule has 1 saturated heterocycles. The summed E-state index contributed by atoms with van der Waals surface area (Å²) in [6, 6.07) is 6.04. The lowest BCUT2D eigenvalue weighted by molar-refractivity contribution is 0.0651. The molecule has 0 radical (unpaired) electrons. The quantitative estimate of drug-likeness (QED) is 0.547. The van der Waals surface area contributed by atoms with E-state index < -0.39 is 6.04 Å². The molecule has 9 nitrogen and oxygen atoms in total. The molecule has 2 aliphatic heterocycles. The summed E-state index contributed by atoms with van der Waals surface area (Å²) in [6.07, 6.45) is 6.62. The highest BCUT2D eigenvalue weighted by atomic mass is 19.1. The lowest BCUT2D eigenvalue weighted by Gasteiger charge is -2.37. The number of nitrogens with zero attached hydrogens (tertiary/aromatic N) is 7. The number of hydrogen-bond acceptors (Lipinski definition) is 6. The lowest BCUT2D eigenvalue weighted by Crippen LogP contribution is -2.44. The highest BCUT2D eigenvalue weighted by Gasteiger charge is 2.37. The van der Waals surface area contributed by atoms with Crippen LogP contribution in [0.4, 0.5) is 10.2 Å². The van der Waals surface area contributed by atoms with Gasteiger partial charge in [-0.3, -0.25) is 4.79 Å². The first-order valence-corrected chi connectivity index (χ1v) is 10.2. The number of imidazole rings is 1. The summed E-state index contributed by atoms with van der Waals surface area (Å²) in [5, 5.41) is 13.0. The highest BCUT2D eigenvalue weighted by Crippen LogP contribution is 2.37. The van der Waals surface area contributed by atoms with E-state index in [1.807, 2.05) is 4.90 Å². The van der Waals surface area contributed by atoms with Crippen LogP contribution in [0.1, 0.15) is 39.9 Å². The SMILES string of the molecule is O=C(c1ccnnc1N1CCc2[nH]cnc2[C@H]1c1cc2c(F)cccn2n1)N1CCC1. The maximum atomic E-state index is 14.4. The highest BCUT2D eigenvalue weighted by molar-refractivity contribution is 5.99. The van der Waals surface area contributed by atoms with Gasteiger partial charge in [0.25, 0.3) is 5.91 Å². The topological polar surface area (TPSA) is 95.3 Å². The third-order valence-electron chi connectivity index (χ3n) is 6.02. The van der Waals surface area contributed by atoms with Crippen LogP contribution in [0.5, 0.6) is 0 Å². The van der Waals surface area contributed by atoms with Crippen molar-refractivity contribution in [3.05, 3.63) is 71.4 Å². The van der Waals surface area contributed by atoms with E-state index in [1.54, 1.807) is 35.6 Å². The molecule has 1 N–H and O–H groups in total. The van der Waals surface area contributed by atoms with Gasteiger partial charge in [0.05, 0.1) is 29.5 Å². The van der Waals surface area contributed by atoms with Crippen molar-refractivity contribution in [1.29, 1.82) is 0 Å². The summed E-state index contributed by atoms with van der Waals surface area (Å²) < 4.78 is 15.9. The molecular weight excluding hydrogens is 399 g/mol. The van der Waals surface area contributed by atoms with Gasteiger partial charge in [-0.15, -0.1) is 5.10 Å². The van der Waals surface area contributed by atoms with E-state index in [0.717, 1.165) is 30.9 Å². The first kappa shape index (κ1) is 18.0. The Balaban J connectivity index is 1.50. The fourth-order valence-electron chi connectivity index (χ4n) is 4.33. The largest absolute Gasteiger partial charge is 0.348 e. The smallest absolute Gasteiger partial charge is 0.257 e. The maximum absolute atomic E-state index is 14.4. The Morgan fingerprint density at radius 3 is 2.94 bits per heavy atom. The minimum absolute atomic E-state index is 0.0521. The number of likely N-dealkylation sites (tertiary alicyclic amines) is 1. The van der Waals surface area contributed by atoms with Gasteiger partial charge in [-0.2, -0.15) is 10.2 Å². The number of amides is 1. The molecule has 2 aliphatic rings. The molecule has 0 bridgehead atoms. The number of rotatable bonds is 3. The number of carbonyl (C=O) groups is 1. The van der Waals surface area contributed by atoms with Crippen LogP contribution in [0.25, 0.3) is 5.52 Å². The van der Waals surface area contributed by atoms with Gasteiger partial charge in [0.2, 0.25) is 0 Å². The van der Waals surface area contributed by atoms with Crippen LogP contribution in [-0.2, 0) is 6.42 Å². The number of aromatic amines is 1. The molecular formula is C21H19FN8O. The lowest BCUT2D eigenvalue weighted by atomic mass is 9.98. The number of nitrogens with one attached hydrogen (secondary N) is 1. The van der Waals surface area contributed by atoms with Crippen LogP contribution in [0.15, 0.2) is 43.0 Å². The molecule has 1 fully saturated rings. The number of pyridine rings is 1. The summed E-state index contributed by atoms with van der Waals surface area (Å²) in [4.78, 5) is 24.6. The average Bonchev–Trinajstić information content (AvgIpc) is 3.39. The Kier molecular flexibility index (Phi) is 3.98. The van der Waals surface area contributed by atoms with E-state index in [4.69, 9.17) is 0 Å². The molecule has 10 heteroatoms. The molecule has 0 aliphatic carbocycles. The summed E-state index contributed by atoms with van der Waals surface area (Å²) in [5.74, 6) is 0.0957. The number of fused-ring (bicyclic) bond motifs is 2. The van der Waals surface area contributed by atoms with E-state index in [-0.39, 0.29) is 11.7 Å². The van der Waals surface area contributed by atoms with E-state index in [0.29, 0.717) is 35.6 Å². The number of H-pyrrole nitrogens is 1. The number of anilines is 1. The van der Waals surface area contributed by atoms with Crippen molar-refractivity contribution in [1.82, 2.24) is 34.7 Å². The molecule has 1 amide bonds. The van der Waals surface area contributed by atoms with Crippen molar-refractivity contribution in [2.75, 3.05) is 24.5 Å². The maximum Gasteiger partial charge on any atom is 0.257 e. The van der Waals surface area contributed by atoms with Gasteiger partial charge in [0.15, 0.2) is 5.82 Å². The first-order valence-electron chi connectivity index (χ1n) is 10.2. The van der Waals surface area contributed by atoms with E-state index >= 15 is 0 Å². The molecule has 1 atom stereocenters. The van der Waals surface area contributed by atoms with E-state index in [1.165, 1.54) is 16.8 Å². The molecule has 31 heavy (non-hydrogen) atoms. The third kappa shape index (κ3) is 2.78. The molecule has 0 saturated carbocycles. The minimum atomic E-state index is -0.422. The van der Waals surface area contributed by atoms with Crippen LogP contribution in [0, 0.1) is 5.82 Å². The van der Waals surface area contributed by atoms with Gasteiger partial charge >= 0.3 is 0 Å². The Labute approximate surface area is 176 Å². The molecule has 0 aromatic carbocycles. The van der Waals surface area contributed by atoms with Gasteiger partial charge in [-0.1, -0.05) is 0 Å². The molecule has 0 unspecified atom stereocenters. The fourth-order valence-corrected chi connectivity index (χ4v) is 4.33. The average molecular weight is 418 g/mol. The minimum Gasteiger partial charge on any atom is -0.348 e. The van der Waals surface area contributed by atoms with Crippen molar-refractivity contribution in [3.63, 3.8) is 0 Å². The standard InChI is InChI=1S/C21H19FN8O/c22-14-3-1-9-30-17(14)11-16(27-30)19-18-15(23-12-24-18)5-10-29(19)20-13(4-6-25-26-20)21(31)28-7-2-8-28/h1,3-4,6,9,11-12,19H,2,5,7-8,10H2,(H,23,24)/t19-/m1/s1. The van der Waals surface area contributed by atoms with Gasteiger partial charge in [0, 0.05) is 37.9 Å². The first-order chi connectivity index (χ1) is 15.2. The van der Waals surface area contributed by atoms with Gasteiger partial charge in [-0.25, -0.2) is 13.9 Å². The second-order valence-electron chi connectivity index (χ2n) is 7.78. The number of hydrogen-bond donors (Lipinski definition) is 1. The van der Waals surface area contributed by atoms with Crippen molar-refractivity contribution in [2.24, 2.45) is 0 Å². The number of aromatic nitrogens is 6. The second-order valence-corrected chi connectivity index (χ2v) is 7.78. The second kappa shape index (κ2) is 6.86. The van der Waals surface area contributed by atoms with Crippen molar-refractivity contribution < 1.29 is 9.18 Å². The number of carbonyl (C=O) groups excluding carboxylic acids is 1.